The number of sulfone groups is 1. The van der Waals surface area contributed by atoms with Crippen molar-refractivity contribution in [3.05, 3.63) is 54.1 Å². The maximum atomic E-state index is 13.2. The molecule has 0 aliphatic carbocycles. The van der Waals surface area contributed by atoms with Gasteiger partial charge in [-0.1, -0.05) is 12.1 Å². The van der Waals surface area contributed by atoms with E-state index in [4.69, 9.17) is 25.2 Å². The predicted octanol–water partition coefficient (Wildman–Crippen LogP) is 1.43. The van der Waals surface area contributed by atoms with Gasteiger partial charge in [-0.3, -0.25) is 10.0 Å². The van der Waals surface area contributed by atoms with Crippen molar-refractivity contribution in [3.8, 4) is 11.5 Å². The molecule has 0 unspecified atom stereocenters. The van der Waals surface area contributed by atoms with Gasteiger partial charge in [-0.25, -0.2) is 13.9 Å². The molecule has 0 atom stereocenters. The van der Waals surface area contributed by atoms with Gasteiger partial charge in [0.1, 0.15) is 24.7 Å². The zero-order valence-corrected chi connectivity index (χ0v) is 17.8. The molecule has 1 heterocycles. The van der Waals surface area contributed by atoms with Gasteiger partial charge >= 0.3 is 0 Å². The normalized spacial score (nSPS) is 15.8. The van der Waals surface area contributed by atoms with E-state index in [2.05, 4.69) is 0 Å². The molecule has 2 aromatic rings. The lowest BCUT2D eigenvalue weighted by Crippen LogP contribution is -2.54. The molecular weight excluding hydrogens is 424 g/mol. The molecule has 1 aliphatic rings. The van der Waals surface area contributed by atoms with Crippen LogP contribution in [0, 0.1) is 0 Å². The summed E-state index contributed by atoms with van der Waals surface area (Å²) in [5, 5.41) is 9.09. The van der Waals surface area contributed by atoms with E-state index in [9.17, 15) is 13.2 Å². The van der Waals surface area contributed by atoms with E-state index in [1.54, 1.807) is 0 Å². The van der Waals surface area contributed by atoms with Crippen molar-refractivity contribution in [3.63, 3.8) is 0 Å². The minimum atomic E-state index is -4.06. The van der Waals surface area contributed by atoms with Crippen LogP contribution < -0.4 is 20.7 Å². The van der Waals surface area contributed by atoms with Crippen LogP contribution in [0.2, 0.25) is 0 Å². The molecule has 2 aromatic carbocycles. The summed E-state index contributed by atoms with van der Waals surface area (Å²) in [6, 6.07) is 13.2. The molecule has 1 fully saturated rings. The average molecular weight is 451 g/mol. The summed E-state index contributed by atoms with van der Waals surface area (Å²) >= 11 is 0. The monoisotopic (exact) mass is 450 g/mol. The van der Waals surface area contributed by atoms with Crippen molar-refractivity contribution in [1.29, 1.82) is 0 Å². The minimum Gasteiger partial charge on any atom is -0.490 e. The fourth-order valence-electron chi connectivity index (χ4n) is 3.40. The van der Waals surface area contributed by atoms with Crippen LogP contribution in [0.4, 0.5) is 0 Å². The Kier molecular flexibility index (Phi) is 7.50. The summed E-state index contributed by atoms with van der Waals surface area (Å²) in [5.41, 5.74) is 8.07. The van der Waals surface area contributed by atoms with Crippen molar-refractivity contribution in [2.75, 3.05) is 26.4 Å². The SMILES string of the molecule is NCc1ccc(OCCOc2ccc(S(=O)(=O)C3(C(=O)NO)CCOCC3)cc2)cc1. The van der Waals surface area contributed by atoms with Crippen LogP contribution >= 0.6 is 0 Å². The zero-order chi connectivity index (χ0) is 22.3. The largest absolute Gasteiger partial charge is 0.490 e. The third-order valence-corrected chi connectivity index (χ3v) is 7.76. The second-order valence-corrected chi connectivity index (χ2v) is 9.33. The standard InChI is InChI=1S/C21H26N2O7S/c22-15-16-1-3-17(4-2-16)29-13-14-30-18-5-7-19(8-6-18)31(26,27)21(20(24)23-25)9-11-28-12-10-21/h1-8,25H,9-15,22H2,(H,23,24). The summed E-state index contributed by atoms with van der Waals surface area (Å²) in [7, 11) is -4.06. The highest BCUT2D eigenvalue weighted by Crippen LogP contribution is 2.35. The number of nitrogens with two attached hydrogens (primary N) is 1. The molecule has 0 aromatic heterocycles. The van der Waals surface area contributed by atoms with Gasteiger partial charge in [-0.15, -0.1) is 0 Å². The molecule has 4 N–H and O–H groups in total. The number of amides is 1. The summed E-state index contributed by atoms with van der Waals surface area (Å²) in [6.45, 7) is 1.26. The van der Waals surface area contributed by atoms with Crippen molar-refractivity contribution in [2.24, 2.45) is 5.73 Å². The lowest BCUT2D eigenvalue weighted by molar-refractivity contribution is -0.134. The van der Waals surface area contributed by atoms with E-state index in [1.807, 2.05) is 24.3 Å². The molecule has 0 radical (unpaired) electrons. The van der Waals surface area contributed by atoms with Crippen LogP contribution in [-0.4, -0.2) is 50.7 Å². The number of carbonyl (C=O) groups excluding carboxylic acids is 1. The predicted molar refractivity (Wildman–Crippen MR) is 112 cm³/mol. The first-order valence-electron chi connectivity index (χ1n) is 9.84. The fourth-order valence-corrected chi connectivity index (χ4v) is 5.34. The maximum Gasteiger partial charge on any atom is 0.265 e. The van der Waals surface area contributed by atoms with Crippen LogP contribution in [0.25, 0.3) is 0 Å². The Morgan fingerprint density at radius 3 is 2.00 bits per heavy atom. The van der Waals surface area contributed by atoms with Gasteiger partial charge < -0.3 is 19.9 Å². The third kappa shape index (κ3) is 4.99. The van der Waals surface area contributed by atoms with E-state index in [1.165, 1.54) is 29.7 Å². The number of hydrogen-bond donors (Lipinski definition) is 3. The molecule has 1 amide bonds. The Morgan fingerprint density at radius 2 is 1.52 bits per heavy atom. The molecule has 10 heteroatoms. The molecule has 168 valence electrons. The topological polar surface area (TPSA) is 137 Å². The third-order valence-electron chi connectivity index (χ3n) is 5.24. The molecule has 0 spiro atoms. The Morgan fingerprint density at radius 1 is 1.00 bits per heavy atom. The van der Waals surface area contributed by atoms with Gasteiger partial charge in [-0.2, -0.15) is 0 Å². The summed E-state index contributed by atoms with van der Waals surface area (Å²) < 4.78 is 41.0. The Hall–Kier alpha value is -2.66. The van der Waals surface area contributed by atoms with Crippen LogP contribution in [0.5, 0.6) is 11.5 Å². The van der Waals surface area contributed by atoms with Crippen LogP contribution in [0.15, 0.2) is 53.4 Å². The lowest BCUT2D eigenvalue weighted by Gasteiger charge is -2.34. The van der Waals surface area contributed by atoms with E-state index >= 15 is 0 Å². The second-order valence-electron chi connectivity index (χ2n) is 7.07. The quantitative estimate of drug-likeness (QED) is 0.296. The summed E-state index contributed by atoms with van der Waals surface area (Å²) in [5.74, 6) is 0.215. The maximum absolute atomic E-state index is 13.2. The first kappa shape index (κ1) is 23.0. The van der Waals surface area contributed by atoms with Crippen LogP contribution in [0.1, 0.15) is 18.4 Å². The Balaban J connectivity index is 1.61. The number of hydroxylamine groups is 1. The first-order chi connectivity index (χ1) is 14.9. The van der Waals surface area contributed by atoms with Gasteiger partial charge in [0.15, 0.2) is 14.6 Å². The highest BCUT2D eigenvalue weighted by atomic mass is 32.2. The van der Waals surface area contributed by atoms with Crippen molar-refractivity contribution in [1.82, 2.24) is 5.48 Å². The lowest BCUT2D eigenvalue weighted by atomic mass is 9.98. The van der Waals surface area contributed by atoms with E-state index in [0.717, 1.165) is 5.56 Å². The molecule has 0 saturated carbocycles. The highest BCUT2D eigenvalue weighted by molar-refractivity contribution is 7.93. The average Bonchev–Trinajstić information content (AvgIpc) is 2.82. The van der Waals surface area contributed by atoms with E-state index < -0.39 is 20.5 Å². The number of ether oxygens (including phenoxy) is 3. The molecule has 9 nitrogen and oxygen atoms in total. The van der Waals surface area contributed by atoms with Gasteiger partial charge in [0.05, 0.1) is 4.90 Å². The zero-order valence-electron chi connectivity index (χ0n) is 17.0. The van der Waals surface area contributed by atoms with Gasteiger partial charge in [0, 0.05) is 19.8 Å². The van der Waals surface area contributed by atoms with Gasteiger partial charge in [0.2, 0.25) is 0 Å². The summed E-state index contributed by atoms with van der Waals surface area (Å²) in [6.07, 6.45) is -0.0762. The highest BCUT2D eigenvalue weighted by Gasteiger charge is 2.52. The number of nitrogens with one attached hydrogen (secondary N) is 1. The van der Waals surface area contributed by atoms with Gasteiger partial charge in [0.25, 0.3) is 5.91 Å². The molecular formula is C21H26N2O7S. The number of hydrogen-bond acceptors (Lipinski definition) is 8. The Bertz CT molecular complexity index is 970. The molecule has 0 bridgehead atoms. The summed E-state index contributed by atoms with van der Waals surface area (Å²) in [4.78, 5) is 12.2. The van der Waals surface area contributed by atoms with E-state index in [-0.39, 0.29) is 37.6 Å². The molecule has 1 saturated heterocycles. The van der Waals surface area contributed by atoms with Gasteiger partial charge in [-0.05, 0) is 54.8 Å². The van der Waals surface area contributed by atoms with E-state index in [0.29, 0.717) is 24.7 Å². The Labute approximate surface area is 181 Å². The minimum absolute atomic E-state index is 0.0263. The van der Waals surface area contributed by atoms with Crippen molar-refractivity contribution < 1.29 is 32.6 Å². The first-order valence-corrected chi connectivity index (χ1v) is 11.3. The number of rotatable bonds is 9. The molecule has 31 heavy (non-hydrogen) atoms. The second kappa shape index (κ2) is 10.1. The van der Waals surface area contributed by atoms with Crippen LogP contribution in [0.3, 0.4) is 0 Å². The van der Waals surface area contributed by atoms with Crippen LogP contribution in [-0.2, 0) is 25.9 Å². The molecule has 3 rings (SSSR count). The smallest absolute Gasteiger partial charge is 0.265 e. The van der Waals surface area contributed by atoms with Crippen molar-refractivity contribution >= 4 is 15.7 Å². The number of benzene rings is 2. The van der Waals surface area contributed by atoms with Crippen molar-refractivity contribution in [2.45, 2.75) is 29.0 Å². The number of carbonyl (C=O) groups is 1. The fraction of sp³-hybridized carbons (Fsp3) is 0.381. The molecule has 1 aliphatic heterocycles.